The number of allylic oxidation sites excluding steroid dienone is 1. The van der Waals surface area contributed by atoms with Gasteiger partial charge in [0.2, 0.25) is 5.76 Å². The van der Waals surface area contributed by atoms with Crippen molar-refractivity contribution in [1.82, 2.24) is 0 Å². The Balaban J connectivity index is 1.73. The van der Waals surface area contributed by atoms with E-state index >= 15 is 0 Å². The predicted octanol–water partition coefficient (Wildman–Crippen LogP) is 3.86. The lowest BCUT2D eigenvalue weighted by Gasteiger charge is -2.16. The van der Waals surface area contributed by atoms with E-state index in [1.165, 1.54) is 6.07 Å². The summed E-state index contributed by atoms with van der Waals surface area (Å²) in [7, 11) is 0. The number of aromatic carboxylic acids is 1. The Hall–Kier alpha value is -2.82. The molecule has 24 heavy (non-hydrogen) atoms. The number of nitrogens with zero attached hydrogens (tertiary/aromatic N) is 1. The van der Waals surface area contributed by atoms with Crippen molar-refractivity contribution >= 4 is 12.2 Å². The summed E-state index contributed by atoms with van der Waals surface area (Å²) in [5.74, 6) is 0.546. The molecule has 1 aromatic heterocycles. The monoisotopic (exact) mass is 325 g/mol. The van der Waals surface area contributed by atoms with E-state index in [9.17, 15) is 4.79 Å². The van der Waals surface area contributed by atoms with Crippen molar-refractivity contribution < 1.29 is 19.1 Å². The van der Waals surface area contributed by atoms with Crippen LogP contribution in [0.4, 0.5) is 0 Å². The van der Waals surface area contributed by atoms with E-state index in [0.717, 1.165) is 23.3 Å². The van der Waals surface area contributed by atoms with Crippen molar-refractivity contribution in [1.29, 1.82) is 0 Å². The van der Waals surface area contributed by atoms with Crippen LogP contribution in [0.2, 0.25) is 0 Å². The lowest BCUT2D eigenvalue weighted by Crippen LogP contribution is -2.14. The maximum absolute atomic E-state index is 10.9. The lowest BCUT2D eigenvalue weighted by atomic mass is 10.1. The molecule has 0 amide bonds. The van der Waals surface area contributed by atoms with Gasteiger partial charge in [-0.3, -0.25) is 4.99 Å². The third-order valence-electron chi connectivity index (χ3n) is 3.83. The van der Waals surface area contributed by atoms with Gasteiger partial charge in [0, 0.05) is 30.3 Å². The highest BCUT2D eigenvalue weighted by molar-refractivity contribution is 5.84. The van der Waals surface area contributed by atoms with E-state index in [2.05, 4.69) is 4.99 Å². The van der Waals surface area contributed by atoms with Gasteiger partial charge >= 0.3 is 5.97 Å². The molecule has 1 aromatic carbocycles. The number of benzene rings is 1. The number of ether oxygens (including phenoxy) is 1. The van der Waals surface area contributed by atoms with E-state index in [1.807, 2.05) is 37.4 Å². The van der Waals surface area contributed by atoms with E-state index in [4.69, 9.17) is 14.3 Å². The van der Waals surface area contributed by atoms with Gasteiger partial charge in [0.15, 0.2) is 0 Å². The third kappa shape index (κ3) is 3.93. The Bertz CT molecular complexity index is 788. The van der Waals surface area contributed by atoms with Crippen LogP contribution < -0.4 is 4.74 Å². The molecule has 2 heterocycles. The molecule has 5 nitrogen and oxygen atoms in total. The molecule has 1 atom stereocenters. The van der Waals surface area contributed by atoms with Crippen molar-refractivity contribution in [2.45, 2.75) is 19.8 Å². The van der Waals surface area contributed by atoms with Crippen LogP contribution in [0, 0.1) is 12.8 Å². The largest absolute Gasteiger partial charge is 0.493 e. The second-order valence-corrected chi connectivity index (χ2v) is 5.85. The molecule has 0 bridgehead atoms. The first-order chi connectivity index (χ1) is 11.6. The molecule has 3 rings (SSSR count). The molecule has 1 N–H and O–H groups in total. The summed E-state index contributed by atoms with van der Waals surface area (Å²) in [6.45, 7) is 2.57. The molecule has 1 unspecified atom stereocenters. The van der Waals surface area contributed by atoms with Crippen molar-refractivity contribution in [2.75, 3.05) is 6.61 Å². The fourth-order valence-electron chi connectivity index (χ4n) is 2.60. The first-order valence-electron chi connectivity index (χ1n) is 7.84. The number of hydrogen-bond acceptors (Lipinski definition) is 4. The number of aryl methyl sites for hydroxylation is 1. The SMILES string of the molecule is Cc1ccc(OCC2C=NC=CC2)c(Cc2ccc(C(=O)O)o2)c1. The highest BCUT2D eigenvalue weighted by Gasteiger charge is 2.13. The molecule has 0 saturated heterocycles. The Labute approximate surface area is 140 Å². The zero-order valence-corrected chi connectivity index (χ0v) is 13.4. The molecule has 0 spiro atoms. The number of hydrogen-bond donors (Lipinski definition) is 1. The van der Waals surface area contributed by atoms with Gasteiger partial charge in [0.05, 0.1) is 6.61 Å². The molecule has 0 saturated carbocycles. The quantitative estimate of drug-likeness (QED) is 0.875. The highest BCUT2D eigenvalue weighted by Crippen LogP contribution is 2.25. The summed E-state index contributed by atoms with van der Waals surface area (Å²) < 4.78 is 11.3. The van der Waals surface area contributed by atoms with E-state index in [0.29, 0.717) is 18.8 Å². The second kappa shape index (κ2) is 7.17. The molecular weight excluding hydrogens is 306 g/mol. The van der Waals surface area contributed by atoms with Gasteiger partial charge in [0.1, 0.15) is 11.5 Å². The van der Waals surface area contributed by atoms with Crippen LogP contribution in [0.1, 0.15) is 33.9 Å². The fraction of sp³-hybridized carbons (Fsp3) is 0.263. The zero-order valence-electron chi connectivity index (χ0n) is 13.4. The molecule has 2 aromatic rings. The average Bonchev–Trinajstić information content (AvgIpc) is 3.04. The third-order valence-corrected chi connectivity index (χ3v) is 3.83. The van der Waals surface area contributed by atoms with Crippen molar-refractivity contribution in [3.63, 3.8) is 0 Å². The topological polar surface area (TPSA) is 72.0 Å². The molecule has 0 aliphatic carbocycles. The van der Waals surface area contributed by atoms with Crippen molar-refractivity contribution in [3.8, 4) is 5.75 Å². The molecule has 5 heteroatoms. The van der Waals surface area contributed by atoms with E-state index < -0.39 is 5.97 Å². The van der Waals surface area contributed by atoms with Crippen LogP contribution in [0.15, 0.2) is 52.0 Å². The predicted molar refractivity (Wildman–Crippen MR) is 90.9 cm³/mol. The van der Waals surface area contributed by atoms with Gasteiger partial charge in [-0.15, -0.1) is 0 Å². The molecule has 124 valence electrons. The first-order valence-corrected chi connectivity index (χ1v) is 7.84. The van der Waals surface area contributed by atoms with Crippen LogP contribution >= 0.6 is 0 Å². The minimum atomic E-state index is -1.06. The number of carboxylic acids is 1. The number of carboxylic acid groups (broad SMARTS) is 1. The van der Waals surface area contributed by atoms with Gasteiger partial charge in [-0.1, -0.05) is 23.8 Å². The molecular formula is C19H19NO4. The summed E-state index contributed by atoms with van der Waals surface area (Å²) in [5, 5.41) is 8.96. The van der Waals surface area contributed by atoms with Gasteiger partial charge in [-0.05, 0) is 31.5 Å². The maximum Gasteiger partial charge on any atom is 0.371 e. The fourth-order valence-corrected chi connectivity index (χ4v) is 2.60. The first kappa shape index (κ1) is 16.1. The van der Waals surface area contributed by atoms with Gasteiger partial charge in [0.25, 0.3) is 0 Å². The minimum absolute atomic E-state index is 0.0506. The normalized spacial score (nSPS) is 16.3. The van der Waals surface area contributed by atoms with Crippen LogP contribution in [0.3, 0.4) is 0 Å². The summed E-state index contributed by atoms with van der Waals surface area (Å²) in [6.07, 6.45) is 7.14. The van der Waals surface area contributed by atoms with Crippen molar-refractivity contribution in [3.05, 3.63) is 65.3 Å². The zero-order chi connectivity index (χ0) is 16.9. The summed E-state index contributed by atoms with van der Waals surface area (Å²) in [4.78, 5) is 15.1. The Kier molecular flexibility index (Phi) is 4.79. The van der Waals surface area contributed by atoms with Crippen LogP contribution in [0.25, 0.3) is 0 Å². The van der Waals surface area contributed by atoms with E-state index in [1.54, 1.807) is 12.3 Å². The van der Waals surface area contributed by atoms with Gasteiger partial charge in [-0.2, -0.15) is 0 Å². The van der Waals surface area contributed by atoms with Crippen LogP contribution in [0.5, 0.6) is 5.75 Å². The summed E-state index contributed by atoms with van der Waals surface area (Å²) >= 11 is 0. The van der Waals surface area contributed by atoms with Crippen molar-refractivity contribution in [2.24, 2.45) is 10.9 Å². The number of rotatable bonds is 6. The van der Waals surface area contributed by atoms with Crippen LogP contribution in [-0.2, 0) is 6.42 Å². The van der Waals surface area contributed by atoms with Gasteiger partial charge < -0.3 is 14.3 Å². The van der Waals surface area contributed by atoms with E-state index in [-0.39, 0.29) is 11.7 Å². The second-order valence-electron chi connectivity index (χ2n) is 5.85. The van der Waals surface area contributed by atoms with Gasteiger partial charge in [-0.25, -0.2) is 4.79 Å². The highest BCUT2D eigenvalue weighted by atomic mass is 16.5. The Morgan fingerprint density at radius 2 is 2.25 bits per heavy atom. The standard InChI is InChI=1S/C19H19NO4/c1-13-4-6-17(23-12-14-3-2-8-20-11-14)15(9-13)10-16-5-7-18(24-16)19(21)22/h2,4-9,11,14H,3,10,12H2,1H3,(H,21,22). The maximum atomic E-state index is 10.9. The molecule has 0 fully saturated rings. The number of furan rings is 1. The summed E-state index contributed by atoms with van der Waals surface area (Å²) in [5.41, 5.74) is 2.09. The Morgan fingerprint density at radius 1 is 1.38 bits per heavy atom. The number of carbonyl (C=O) groups is 1. The minimum Gasteiger partial charge on any atom is -0.493 e. The Morgan fingerprint density at radius 3 is 2.96 bits per heavy atom. The molecule has 1 aliphatic rings. The molecule has 0 radical (unpaired) electrons. The lowest BCUT2D eigenvalue weighted by molar-refractivity contribution is 0.0660. The number of aliphatic imine (C=N–C) groups is 1. The van der Waals surface area contributed by atoms with Crippen LogP contribution in [-0.4, -0.2) is 23.9 Å². The summed E-state index contributed by atoms with van der Waals surface area (Å²) in [6, 6.07) is 9.14. The molecule has 1 aliphatic heterocycles. The smallest absolute Gasteiger partial charge is 0.371 e. The average molecular weight is 325 g/mol.